The van der Waals surface area contributed by atoms with Gasteiger partial charge in [-0.05, 0) is 70.5 Å². The highest BCUT2D eigenvalue weighted by Crippen LogP contribution is 2.42. The van der Waals surface area contributed by atoms with Crippen LogP contribution >= 0.6 is 0 Å². The maximum atomic E-state index is 13.4. The second-order valence-corrected chi connectivity index (χ2v) is 10.6. The summed E-state index contributed by atoms with van der Waals surface area (Å²) in [4.78, 5) is 16.7. The van der Waals surface area contributed by atoms with Crippen molar-refractivity contribution in [2.75, 3.05) is 40.1 Å². The molecule has 0 bridgehead atoms. The van der Waals surface area contributed by atoms with Gasteiger partial charge in [-0.25, -0.2) is 0 Å². The molecule has 8 nitrogen and oxygen atoms in total. The molecule has 0 unspecified atom stereocenters. The van der Waals surface area contributed by atoms with Crippen molar-refractivity contribution in [1.82, 2.24) is 10.3 Å². The van der Waals surface area contributed by atoms with Gasteiger partial charge >= 0.3 is 0 Å². The third-order valence-corrected chi connectivity index (χ3v) is 7.99. The average Bonchev–Trinajstić information content (AvgIpc) is 3.61. The van der Waals surface area contributed by atoms with Gasteiger partial charge in [-0.2, -0.15) is 0 Å². The predicted molar refractivity (Wildman–Crippen MR) is 160 cm³/mol. The molecule has 0 saturated carbocycles. The zero-order valence-electron chi connectivity index (χ0n) is 23.7. The summed E-state index contributed by atoms with van der Waals surface area (Å²) in [5, 5.41) is 13.1. The number of ether oxygens (including phenoxy) is 4. The third-order valence-electron chi connectivity index (χ3n) is 7.99. The summed E-state index contributed by atoms with van der Waals surface area (Å²) >= 11 is 0. The van der Waals surface area contributed by atoms with Crippen LogP contribution in [0.1, 0.15) is 34.6 Å². The number of aromatic nitrogens is 1. The molecule has 8 heteroatoms. The molecule has 0 saturated heterocycles. The van der Waals surface area contributed by atoms with Crippen molar-refractivity contribution in [3.63, 3.8) is 0 Å². The van der Waals surface area contributed by atoms with E-state index in [0.717, 1.165) is 28.6 Å². The van der Waals surface area contributed by atoms with Crippen molar-refractivity contribution in [2.24, 2.45) is 0 Å². The number of H-pyrrole nitrogens is 1. The van der Waals surface area contributed by atoms with Gasteiger partial charge < -0.3 is 34.4 Å². The number of fused-ring (bicyclic) bond motifs is 4. The quantitative estimate of drug-likeness (QED) is 0.186. The van der Waals surface area contributed by atoms with Gasteiger partial charge in [-0.15, -0.1) is 0 Å². The van der Waals surface area contributed by atoms with Crippen LogP contribution in [0.5, 0.6) is 5.75 Å². The Labute approximate surface area is 245 Å². The first-order chi connectivity index (χ1) is 20.6. The van der Waals surface area contributed by atoms with E-state index < -0.39 is 6.29 Å². The molecule has 4 aromatic rings. The molecule has 1 aromatic heterocycles. The van der Waals surface area contributed by atoms with Crippen molar-refractivity contribution >= 4 is 16.8 Å². The molecule has 0 radical (unpaired) electrons. The van der Waals surface area contributed by atoms with Crippen LogP contribution < -0.4 is 10.1 Å². The second kappa shape index (κ2) is 12.8. The molecule has 2 heterocycles. The number of allylic oxidation sites excluding steroid dienone is 1. The fraction of sp³-hybridized carbons (Fsp3) is 0.324. The maximum absolute atomic E-state index is 13.4. The Morgan fingerprint density at radius 1 is 1.07 bits per heavy atom. The Morgan fingerprint density at radius 2 is 1.95 bits per heavy atom. The Morgan fingerprint density at radius 3 is 2.83 bits per heavy atom. The van der Waals surface area contributed by atoms with Gasteiger partial charge in [0, 0.05) is 36.0 Å². The van der Waals surface area contributed by atoms with E-state index in [1.165, 1.54) is 27.8 Å². The molecule has 1 amide bonds. The van der Waals surface area contributed by atoms with Gasteiger partial charge in [0.15, 0.2) is 5.76 Å². The highest BCUT2D eigenvalue weighted by atomic mass is 16.7. The Bertz CT molecular complexity index is 1590. The number of hydrogen-bond acceptors (Lipinski definition) is 6. The molecule has 3 N–H and O–H groups in total. The summed E-state index contributed by atoms with van der Waals surface area (Å²) in [5.41, 5.74) is 8.45. The zero-order chi connectivity index (χ0) is 28.9. The number of aliphatic hydroxyl groups is 1. The summed E-state index contributed by atoms with van der Waals surface area (Å²) in [6, 6.07) is 20.8. The lowest BCUT2D eigenvalue weighted by molar-refractivity contribution is -0.151. The van der Waals surface area contributed by atoms with Crippen molar-refractivity contribution in [3.05, 3.63) is 101 Å². The standard InChI is InChI=1S/C34H36N2O6/c1-39-25-9-10-31-29(20-25)23(21-36-31)11-12-35-34(38)32-18-24(19-33(42-32)41-16-15-40-14-13-37)27-7-4-8-28-26-6-3-2-5-22(26)17-30(27)28/h2-10,18,20-21,24,33,36-37H,11-17,19H2,1H3,(H,35,38)/t24-,33+/m1/s1. The number of amides is 1. The smallest absolute Gasteiger partial charge is 0.286 e. The van der Waals surface area contributed by atoms with Crippen LogP contribution in [0, 0.1) is 0 Å². The first kappa shape index (κ1) is 28.0. The van der Waals surface area contributed by atoms with Gasteiger partial charge in [0.25, 0.3) is 5.91 Å². The van der Waals surface area contributed by atoms with Gasteiger partial charge in [0.2, 0.25) is 6.29 Å². The van der Waals surface area contributed by atoms with E-state index in [9.17, 15) is 4.79 Å². The number of hydrogen-bond donors (Lipinski definition) is 3. The minimum absolute atomic E-state index is 0.0390. The molecule has 6 rings (SSSR count). The van der Waals surface area contributed by atoms with E-state index in [0.29, 0.717) is 32.6 Å². The summed E-state index contributed by atoms with van der Waals surface area (Å²) in [6.45, 7) is 1.30. The molecule has 1 aliphatic carbocycles. The number of aromatic amines is 1. The molecule has 218 valence electrons. The normalized spacial score (nSPS) is 17.3. The lowest BCUT2D eigenvalue weighted by Gasteiger charge is -2.30. The molecule has 0 spiro atoms. The van der Waals surface area contributed by atoms with Gasteiger partial charge in [0.1, 0.15) is 5.75 Å². The zero-order valence-corrected chi connectivity index (χ0v) is 23.7. The molecule has 0 fully saturated rings. The topological polar surface area (TPSA) is 102 Å². The molecular weight excluding hydrogens is 532 g/mol. The Kier molecular flexibility index (Phi) is 8.55. The van der Waals surface area contributed by atoms with Gasteiger partial charge in [0.05, 0.1) is 33.5 Å². The number of carbonyl (C=O) groups is 1. The average molecular weight is 569 g/mol. The van der Waals surface area contributed by atoms with Crippen LogP contribution in [0.3, 0.4) is 0 Å². The van der Waals surface area contributed by atoms with E-state index in [1.807, 2.05) is 30.5 Å². The maximum Gasteiger partial charge on any atom is 0.286 e. The number of methoxy groups -OCH3 is 1. The van der Waals surface area contributed by atoms with Crippen LogP contribution in [0.15, 0.2) is 78.7 Å². The minimum Gasteiger partial charge on any atom is -0.497 e. The SMILES string of the molecule is COc1ccc2[nH]cc(CCNC(=O)C3=C[C@@H](c4cccc5c4Cc4ccccc4-5)C[C@@H](OCCOCCO)O3)c2c1. The number of rotatable bonds is 12. The minimum atomic E-state index is -0.598. The third kappa shape index (κ3) is 5.92. The summed E-state index contributed by atoms with van der Waals surface area (Å²) < 4.78 is 22.8. The lowest BCUT2D eigenvalue weighted by atomic mass is 9.87. The summed E-state index contributed by atoms with van der Waals surface area (Å²) in [6.07, 6.45) is 5.42. The van der Waals surface area contributed by atoms with Crippen molar-refractivity contribution < 1.29 is 28.8 Å². The largest absolute Gasteiger partial charge is 0.497 e. The second-order valence-electron chi connectivity index (χ2n) is 10.6. The molecule has 2 aliphatic rings. The summed E-state index contributed by atoms with van der Waals surface area (Å²) in [5.74, 6) is 0.745. The first-order valence-corrected chi connectivity index (χ1v) is 14.5. The molecule has 2 atom stereocenters. The van der Waals surface area contributed by atoms with Crippen LogP contribution in [-0.2, 0) is 31.8 Å². The molecule has 3 aromatic carbocycles. The van der Waals surface area contributed by atoms with E-state index in [-0.39, 0.29) is 30.8 Å². The fourth-order valence-electron chi connectivity index (χ4n) is 5.96. The lowest BCUT2D eigenvalue weighted by Crippen LogP contribution is -2.34. The highest BCUT2D eigenvalue weighted by molar-refractivity contribution is 5.92. The summed E-state index contributed by atoms with van der Waals surface area (Å²) in [7, 11) is 1.65. The number of aliphatic hydroxyl groups excluding tert-OH is 1. The number of nitrogens with one attached hydrogen (secondary N) is 2. The van der Waals surface area contributed by atoms with Crippen molar-refractivity contribution in [1.29, 1.82) is 0 Å². The van der Waals surface area contributed by atoms with E-state index >= 15 is 0 Å². The monoisotopic (exact) mass is 568 g/mol. The number of carbonyl (C=O) groups excluding carboxylic acids is 1. The van der Waals surface area contributed by atoms with Crippen molar-refractivity contribution in [2.45, 2.75) is 31.5 Å². The van der Waals surface area contributed by atoms with Crippen LogP contribution in [0.25, 0.3) is 22.0 Å². The Hall–Kier alpha value is -4.11. The van der Waals surface area contributed by atoms with E-state index in [2.05, 4.69) is 52.8 Å². The fourth-order valence-corrected chi connectivity index (χ4v) is 5.96. The van der Waals surface area contributed by atoms with Gasteiger partial charge in [-0.3, -0.25) is 4.79 Å². The van der Waals surface area contributed by atoms with Crippen LogP contribution in [0.2, 0.25) is 0 Å². The van der Waals surface area contributed by atoms with E-state index in [4.69, 9.17) is 24.1 Å². The molecular formula is C34H36N2O6. The van der Waals surface area contributed by atoms with Crippen LogP contribution in [0.4, 0.5) is 0 Å². The van der Waals surface area contributed by atoms with Gasteiger partial charge in [-0.1, -0.05) is 42.5 Å². The van der Waals surface area contributed by atoms with Crippen molar-refractivity contribution in [3.8, 4) is 16.9 Å². The Balaban J connectivity index is 1.18. The highest BCUT2D eigenvalue weighted by Gasteiger charge is 2.32. The van der Waals surface area contributed by atoms with Crippen LogP contribution in [-0.4, -0.2) is 62.4 Å². The molecule has 42 heavy (non-hydrogen) atoms. The molecule has 1 aliphatic heterocycles. The number of benzene rings is 3. The van der Waals surface area contributed by atoms with E-state index in [1.54, 1.807) is 7.11 Å². The predicted octanol–water partition coefficient (Wildman–Crippen LogP) is 4.85. The first-order valence-electron chi connectivity index (χ1n) is 14.5.